The first kappa shape index (κ1) is 19.6. The van der Waals surface area contributed by atoms with Crippen LogP contribution >= 0.6 is 11.6 Å². The van der Waals surface area contributed by atoms with Crippen molar-refractivity contribution in [2.75, 3.05) is 6.61 Å². The van der Waals surface area contributed by atoms with Gasteiger partial charge in [0.2, 0.25) is 5.43 Å². The number of ether oxygens (including phenoxy) is 1. The average molecular weight is 399 g/mol. The quantitative estimate of drug-likeness (QED) is 0.363. The molecule has 0 aliphatic rings. The lowest BCUT2D eigenvalue weighted by Gasteiger charge is -2.06. The number of hydrogen-bond acceptors (Lipinski definition) is 5. The first-order valence-corrected chi connectivity index (χ1v) is 9.23. The highest BCUT2D eigenvalue weighted by atomic mass is 35.5. The molecule has 0 aliphatic carbocycles. The summed E-state index contributed by atoms with van der Waals surface area (Å²) in [6.07, 6.45) is 4.57. The molecule has 1 aromatic heterocycles. The number of rotatable bonds is 7. The van der Waals surface area contributed by atoms with Crippen LogP contribution in [0.3, 0.4) is 0 Å². The van der Waals surface area contributed by atoms with Crippen molar-refractivity contribution in [3.05, 3.63) is 75.1 Å². The van der Waals surface area contributed by atoms with E-state index >= 15 is 0 Å². The van der Waals surface area contributed by atoms with Crippen LogP contribution in [0.2, 0.25) is 5.02 Å². The van der Waals surface area contributed by atoms with E-state index in [4.69, 9.17) is 20.8 Å². The van der Waals surface area contributed by atoms with Gasteiger partial charge in [-0.3, -0.25) is 9.59 Å². The zero-order valence-electron chi connectivity index (χ0n) is 15.3. The Balaban J connectivity index is 1.66. The summed E-state index contributed by atoms with van der Waals surface area (Å²) in [6.45, 7) is 2.74. The fourth-order valence-corrected chi connectivity index (χ4v) is 2.64. The topological polar surface area (TPSA) is 80.9 Å². The van der Waals surface area contributed by atoms with Crippen molar-refractivity contribution < 1.29 is 13.9 Å². The second-order valence-electron chi connectivity index (χ2n) is 6.09. The number of unbranched alkanes of at least 4 members (excludes halogenated alkanes) is 1. The first-order valence-electron chi connectivity index (χ1n) is 8.86. The maximum absolute atomic E-state index is 12.4. The zero-order valence-corrected chi connectivity index (χ0v) is 16.0. The van der Waals surface area contributed by atoms with Crippen LogP contribution in [0.15, 0.2) is 63.0 Å². The normalized spacial score (nSPS) is 11.1. The van der Waals surface area contributed by atoms with Crippen LogP contribution in [-0.2, 0) is 0 Å². The third-order valence-corrected chi connectivity index (χ3v) is 4.25. The molecule has 0 spiro atoms. The number of halogens is 1. The van der Waals surface area contributed by atoms with Crippen molar-refractivity contribution in [3.63, 3.8) is 0 Å². The number of nitrogens with one attached hydrogen (secondary N) is 1. The van der Waals surface area contributed by atoms with E-state index in [2.05, 4.69) is 17.5 Å². The summed E-state index contributed by atoms with van der Waals surface area (Å²) in [4.78, 5) is 24.6. The smallest absolute Gasteiger partial charge is 0.271 e. The molecule has 0 atom stereocenters. The molecule has 2 aromatic carbocycles. The van der Waals surface area contributed by atoms with Crippen LogP contribution in [0.4, 0.5) is 0 Å². The number of benzene rings is 2. The van der Waals surface area contributed by atoms with E-state index in [-0.39, 0.29) is 11.0 Å². The molecule has 3 rings (SSSR count). The summed E-state index contributed by atoms with van der Waals surface area (Å²) in [6, 6.07) is 11.6. The third-order valence-electron chi connectivity index (χ3n) is 4.01. The van der Waals surface area contributed by atoms with E-state index in [1.807, 2.05) is 0 Å². The second-order valence-corrected chi connectivity index (χ2v) is 6.52. The fourth-order valence-electron chi connectivity index (χ4n) is 2.47. The molecule has 1 N–H and O–H groups in total. The van der Waals surface area contributed by atoms with E-state index in [0.29, 0.717) is 33.9 Å². The summed E-state index contributed by atoms with van der Waals surface area (Å²) >= 11 is 5.92. The Morgan fingerprint density at radius 3 is 2.79 bits per heavy atom. The maximum atomic E-state index is 12.4. The zero-order chi connectivity index (χ0) is 19.9. The summed E-state index contributed by atoms with van der Waals surface area (Å²) in [5.74, 6) is 0.311. The maximum Gasteiger partial charge on any atom is 0.271 e. The second kappa shape index (κ2) is 9.19. The largest absolute Gasteiger partial charge is 0.494 e. The van der Waals surface area contributed by atoms with Crippen LogP contribution in [0, 0.1) is 0 Å². The van der Waals surface area contributed by atoms with E-state index in [9.17, 15) is 9.59 Å². The van der Waals surface area contributed by atoms with Crippen molar-refractivity contribution in [1.82, 2.24) is 5.43 Å². The highest BCUT2D eigenvalue weighted by Crippen LogP contribution is 2.16. The molecule has 144 valence electrons. The van der Waals surface area contributed by atoms with Gasteiger partial charge in [0.1, 0.15) is 17.6 Å². The van der Waals surface area contributed by atoms with E-state index in [1.165, 1.54) is 18.5 Å². The predicted molar refractivity (Wildman–Crippen MR) is 109 cm³/mol. The van der Waals surface area contributed by atoms with Crippen LogP contribution in [0.1, 0.15) is 35.7 Å². The SMILES string of the molecule is CCCCOc1ccc(C(=O)N/N=C\c2coc3ccc(Cl)cc3c2=O)cc1. The number of nitrogens with zero attached hydrogens (tertiary/aromatic N) is 1. The minimum Gasteiger partial charge on any atom is -0.494 e. The van der Waals surface area contributed by atoms with Gasteiger partial charge in [-0.05, 0) is 48.9 Å². The Morgan fingerprint density at radius 2 is 2.04 bits per heavy atom. The van der Waals surface area contributed by atoms with Crippen molar-refractivity contribution in [3.8, 4) is 5.75 Å². The van der Waals surface area contributed by atoms with E-state index < -0.39 is 5.91 Å². The Kier molecular flexibility index (Phi) is 6.45. The Bertz CT molecular complexity index is 1060. The molecule has 0 fully saturated rings. The van der Waals surface area contributed by atoms with Crippen molar-refractivity contribution >= 4 is 34.7 Å². The van der Waals surface area contributed by atoms with Gasteiger partial charge in [-0.2, -0.15) is 5.10 Å². The lowest BCUT2D eigenvalue weighted by molar-refractivity contribution is 0.0955. The fraction of sp³-hybridized carbons (Fsp3) is 0.190. The van der Waals surface area contributed by atoms with Crippen molar-refractivity contribution in [2.24, 2.45) is 5.10 Å². The highest BCUT2D eigenvalue weighted by Gasteiger charge is 2.07. The Labute approximate surface area is 166 Å². The molecule has 0 saturated carbocycles. The molecule has 0 bridgehead atoms. The number of hydrazone groups is 1. The number of fused-ring (bicyclic) bond motifs is 1. The third kappa shape index (κ3) is 4.78. The molecule has 28 heavy (non-hydrogen) atoms. The lowest BCUT2D eigenvalue weighted by Crippen LogP contribution is -2.18. The lowest BCUT2D eigenvalue weighted by atomic mass is 10.2. The van der Waals surface area contributed by atoms with Crippen LogP contribution in [0.25, 0.3) is 11.0 Å². The van der Waals surface area contributed by atoms with Gasteiger partial charge in [-0.1, -0.05) is 24.9 Å². The summed E-state index contributed by atoms with van der Waals surface area (Å²) in [5, 5.41) is 4.63. The molecule has 3 aromatic rings. The molecule has 0 unspecified atom stereocenters. The standard InChI is InChI=1S/C21H19ClN2O4/c1-2-3-10-27-17-7-4-14(5-8-17)21(26)24-23-12-15-13-28-19-9-6-16(22)11-18(19)20(15)25/h4-9,11-13H,2-3,10H2,1H3,(H,24,26)/b23-12-. The number of carbonyl (C=O) groups excluding carboxylic acids is 1. The van der Waals surface area contributed by atoms with Crippen molar-refractivity contribution in [2.45, 2.75) is 19.8 Å². The summed E-state index contributed by atoms with van der Waals surface area (Å²) in [7, 11) is 0. The minimum atomic E-state index is -0.399. The number of carbonyl (C=O) groups is 1. The molecule has 0 saturated heterocycles. The average Bonchev–Trinajstić information content (AvgIpc) is 2.71. The summed E-state index contributed by atoms with van der Waals surface area (Å²) in [5.41, 5.74) is 3.17. The molecule has 0 radical (unpaired) electrons. The molecular formula is C21H19ClN2O4. The van der Waals surface area contributed by atoms with Gasteiger partial charge in [0.15, 0.2) is 0 Å². The molecule has 1 heterocycles. The van der Waals surface area contributed by atoms with Gasteiger partial charge in [0.05, 0.1) is 23.8 Å². The Morgan fingerprint density at radius 1 is 1.25 bits per heavy atom. The minimum absolute atomic E-state index is 0.203. The molecule has 0 aliphatic heterocycles. The number of hydrogen-bond donors (Lipinski definition) is 1. The van der Waals surface area contributed by atoms with Crippen LogP contribution in [0.5, 0.6) is 5.75 Å². The van der Waals surface area contributed by atoms with Gasteiger partial charge < -0.3 is 9.15 Å². The van der Waals surface area contributed by atoms with Crippen LogP contribution < -0.4 is 15.6 Å². The first-order chi connectivity index (χ1) is 13.6. The van der Waals surface area contributed by atoms with Gasteiger partial charge in [-0.25, -0.2) is 5.43 Å². The predicted octanol–water partition coefficient (Wildman–Crippen LogP) is 4.39. The summed E-state index contributed by atoms with van der Waals surface area (Å²) < 4.78 is 11.0. The van der Waals surface area contributed by atoms with Gasteiger partial charge in [-0.15, -0.1) is 0 Å². The Hall–Kier alpha value is -3.12. The van der Waals surface area contributed by atoms with Gasteiger partial charge in [0.25, 0.3) is 5.91 Å². The van der Waals surface area contributed by atoms with Gasteiger partial charge >= 0.3 is 0 Å². The molecular weight excluding hydrogens is 380 g/mol. The van der Waals surface area contributed by atoms with Crippen molar-refractivity contribution in [1.29, 1.82) is 0 Å². The monoisotopic (exact) mass is 398 g/mol. The molecule has 7 heteroatoms. The van der Waals surface area contributed by atoms with E-state index in [0.717, 1.165) is 12.8 Å². The van der Waals surface area contributed by atoms with Crippen LogP contribution in [-0.4, -0.2) is 18.7 Å². The van der Waals surface area contributed by atoms with E-state index in [1.54, 1.807) is 36.4 Å². The molecule has 6 nitrogen and oxygen atoms in total. The number of amides is 1. The van der Waals surface area contributed by atoms with Gasteiger partial charge in [0, 0.05) is 10.6 Å². The molecule has 1 amide bonds. The highest BCUT2D eigenvalue weighted by molar-refractivity contribution is 6.31.